The molecular formula is C16H18N4O6S. The number of urea groups is 1. The fourth-order valence-corrected chi connectivity index (χ4v) is 2.85. The molecule has 1 N–H and O–H groups in total. The number of non-ortho nitro benzene ring substituents is 1. The lowest BCUT2D eigenvalue weighted by molar-refractivity contribution is -0.384. The van der Waals surface area contributed by atoms with Crippen LogP contribution in [0.1, 0.15) is 15.5 Å². The van der Waals surface area contributed by atoms with Crippen LogP contribution in [0.4, 0.5) is 16.2 Å². The summed E-state index contributed by atoms with van der Waals surface area (Å²) in [5.41, 5.74) is 0.532. The number of amides is 2. The molecule has 11 heteroatoms. The number of ether oxygens (including phenoxy) is 2. The second kappa shape index (κ2) is 9.59. The predicted octanol–water partition coefficient (Wildman–Crippen LogP) is 2.52. The van der Waals surface area contributed by atoms with Crippen molar-refractivity contribution in [2.24, 2.45) is 0 Å². The minimum atomic E-state index is -0.545. The first-order chi connectivity index (χ1) is 12.9. The second-order valence-corrected chi connectivity index (χ2v) is 6.21. The molecule has 0 bridgehead atoms. The molecule has 0 saturated heterocycles. The van der Waals surface area contributed by atoms with E-state index in [9.17, 15) is 19.7 Å². The SMILES string of the molecule is COCCN(Cc1nc(C(=O)OC)cs1)C(=O)Nc1ccc([N+](=O)[O-])cc1. The molecule has 0 unspecified atom stereocenters. The summed E-state index contributed by atoms with van der Waals surface area (Å²) in [5, 5.41) is 15.5. The molecule has 0 atom stereocenters. The zero-order chi connectivity index (χ0) is 19.8. The van der Waals surface area contributed by atoms with Crippen LogP contribution in [-0.2, 0) is 16.0 Å². The van der Waals surface area contributed by atoms with Crippen LogP contribution in [0.3, 0.4) is 0 Å². The molecule has 144 valence electrons. The van der Waals surface area contributed by atoms with Gasteiger partial charge in [-0.1, -0.05) is 0 Å². The quantitative estimate of drug-likeness (QED) is 0.414. The average molecular weight is 394 g/mol. The summed E-state index contributed by atoms with van der Waals surface area (Å²) in [7, 11) is 2.79. The summed E-state index contributed by atoms with van der Waals surface area (Å²) in [6.45, 7) is 0.773. The van der Waals surface area contributed by atoms with Crippen molar-refractivity contribution in [3.05, 3.63) is 50.5 Å². The molecule has 0 spiro atoms. The Kier molecular flexibility index (Phi) is 7.20. The predicted molar refractivity (Wildman–Crippen MR) is 97.9 cm³/mol. The fourth-order valence-electron chi connectivity index (χ4n) is 2.07. The summed E-state index contributed by atoms with van der Waals surface area (Å²) in [5.74, 6) is -0.545. The standard InChI is InChI=1S/C16H18N4O6S/c1-25-8-7-19(9-14-18-13(10-27-14)15(21)26-2)16(22)17-11-3-5-12(6-4-11)20(23)24/h3-6,10H,7-9H2,1-2H3,(H,17,22). The number of nitro groups is 1. The highest BCUT2D eigenvalue weighted by atomic mass is 32.1. The van der Waals surface area contributed by atoms with Crippen molar-refractivity contribution in [2.75, 3.05) is 32.7 Å². The lowest BCUT2D eigenvalue weighted by Crippen LogP contribution is -2.36. The molecule has 0 saturated carbocycles. The first kappa shape index (κ1) is 20.3. The molecule has 2 aromatic rings. The monoisotopic (exact) mass is 394 g/mol. The van der Waals surface area contributed by atoms with Crippen LogP contribution < -0.4 is 5.32 Å². The van der Waals surface area contributed by atoms with Gasteiger partial charge >= 0.3 is 12.0 Å². The summed E-state index contributed by atoms with van der Waals surface area (Å²) in [4.78, 5) is 39.8. The van der Waals surface area contributed by atoms with Gasteiger partial charge in [-0.15, -0.1) is 11.3 Å². The Balaban J connectivity index is 2.07. The largest absolute Gasteiger partial charge is 0.464 e. The number of carbonyl (C=O) groups is 2. The third-order valence-electron chi connectivity index (χ3n) is 3.45. The van der Waals surface area contributed by atoms with Crippen LogP contribution in [0.25, 0.3) is 0 Å². The first-order valence-corrected chi connectivity index (χ1v) is 8.64. The minimum Gasteiger partial charge on any atom is -0.464 e. The zero-order valence-electron chi connectivity index (χ0n) is 14.7. The number of nitrogens with zero attached hydrogens (tertiary/aromatic N) is 3. The van der Waals surface area contributed by atoms with Gasteiger partial charge in [0.15, 0.2) is 5.69 Å². The van der Waals surface area contributed by atoms with Crippen LogP contribution in [-0.4, -0.2) is 54.2 Å². The first-order valence-electron chi connectivity index (χ1n) is 7.76. The molecule has 0 aliphatic rings. The topological polar surface area (TPSA) is 124 Å². The molecule has 0 aliphatic heterocycles. The van der Waals surface area contributed by atoms with E-state index in [1.165, 1.54) is 54.7 Å². The number of carbonyl (C=O) groups excluding carboxylic acids is 2. The molecule has 1 aromatic heterocycles. The van der Waals surface area contributed by atoms with E-state index in [0.717, 1.165) is 0 Å². The molecule has 1 heterocycles. The van der Waals surface area contributed by atoms with Gasteiger partial charge in [-0.3, -0.25) is 10.1 Å². The van der Waals surface area contributed by atoms with Crippen molar-refractivity contribution in [1.82, 2.24) is 9.88 Å². The van der Waals surface area contributed by atoms with Crippen LogP contribution in [0.5, 0.6) is 0 Å². The number of aromatic nitrogens is 1. The number of hydrogen-bond donors (Lipinski definition) is 1. The van der Waals surface area contributed by atoms with E-state index < -0.39 is 16.9 Å². The van der Waals surface area contributed by atoms with Gasteiger partial charge in [0.05, 0.1) is 25.2 Å². The molecule has 2 amide bonds. The van der Waals surface area contributed by atoms with Gasteiger partial charge < -0.3 is 19.7 Å². The van der Waals surface area contributed by atoms with Crippen LogP contribution >= 0.6 is 11.3 Å². The van der Waals surface area contributed by atoms with Gasteiger partial charge in [0.2, 0.25) is 0 Å². The average Bonchev–Trinajstić information content (AvgIpc) is 3.13. The smallest absolute Gasteiger partial charge is 0.357 e. The number of benzene rings is 1. The van der Waals surface area contributed by atoms with Gasteiger partial charge in [-0.2, -0.15) is 0 Å². The Hall–Kier alpha value is -3.05. The highest BCUT2D eigenvalue weighted by Crippen LogP contribution is 2.17. The van der Waals surface area contributed by atoms with Gasteiger partial charge in [-0.25, -0.2) is 14.6 Å². The Morgan fingerprint density at radius 2 is 2.00 bits per heavy atom. The van der Waals surface area contributed by atoms with Crippen molar-refractivity contribution in [1.29, 1.82) is 0 Å². The summed E-state index contributed by atoms with van der Waals surface area (Å²) >= 11 is 1.23. The Morgan fingerprint density at radius 3 is 2.59 bits per heavy atom. The maximum absolute atomic E-state index is 12.5. The number of rotatable bonds is 8. The maximum atomic E-state index is 12.5. The van der Waals surface area contributed by atoms with E-state index in [1.54, 1.807) is 5.38 Å². The van der Waals surface area contributed by atoms with Crippen molar-refractivity contribution in [3.63, 3.8) is 0 Å². The number of esters is 1. The lowest BCUT2D eigenvalue weighted by Gasteiger charge is -2.21. The van der Waals surface area contributed by atoms with Gasteiger partial charge in [0.1, 0.15) is 5.01 Å². The van der Waals surface area contributed by atoms with Crippen molar-refractivity contribution >= 4 is 34.7 Å². The van der Waals surface area contributed by atoms with Crippen molar-refractivity contribution < 1.29 is 24.0 Å². The number of thiazole rings is 1. The van der Waals surface area contributed by atoms with Crippen LogP contribution in [0, 0.1) is 10.1 Å². The van der Waals surface area contributed by atoms with E-state index >= 15 is 0 Å². The van der Waals surface area contributed by atoms with E-state index in [1.807, 2.05) is 0 Å². The summed E-state index contributed by atoms with van der Waals surface area (Å²) in [6, 6.07) is 5.08. The highest BCUT2D eigenvalue weighted by molar-refractivity contribution is 7.09. The molecule has 1 aromatic carbocycles. The highest BCUT2D eigenvalue weighted by Gasteiger charge is 2.18. The van der Waals surface area contributed by atoms with E-state index in [-0.39, 0.29) is 17.9 Å². The zero-order valence-corrected chi connectivity index (χ0v) is 15.5. The van der Waals surface area contributed by atoms with Gasteiger partial charge in [-0.05, 0) is 12.1 Å². The van der Waals surface area contributed by atoms with Crippen LogP contribution in [0.15, 0.2) is 29.6 Å². The number of hydrogen-bond acceptors (Lipinski definition) is 8. The Morgan fingerprint density at radius 1 is 1.30 bits per heavy atom. The van der Waals surface area contributed by atoms with E-state index in [0.29, 0.717) is 23.8 Å². The van der Waals surface area contributed by atoms with E-state index in [2.05, 4.69) is 15.0 Å². The molecule has 0 aliphatic carbocycles. The van der Waals surface area contributed by atoms with Gasteiger partial charge in [0, 0.05) is 36.9 Å². The third kappa shape index (κ3) is 5.72. The molecule has 10 nitrogen and oxygen atoms in total. The third-order valence-corrected chi connectivity index (χ3v) is 4.29. The molecule has 0 fully saturated rings. The van der Waals surface area contributed by atoms with Crippen molar-refractivity contribution in [2.45, 2.75) is 6.54 Å². The molecule has 2 rings (SSSR count). The maximum Gasteiger partial charge on any atom is 0.357 e. The molecule has 0 radical (unpaired) electrons. The van der Waals surface area contributed by atoms with Crippen LogP contribution in [0.2, 0.25) is 0 Å². The lowest BCUT2D eigenvalue weighted by atomic mass is 10.3. The molecule has 27 heavy (non-hydrogen) atoms. The minimum absolute atomic E-state index is 0.0673. The fraction of sp³-hybridized carbons (Fsp3) is 0.312. The normalized spacial score (nSPS) is 10.3. The Bertz CT molecular complexity index is 807. The number of methoxy groups -OCH3 is 2. The van der Waals surface area contributed by atoms with Gasteiger partial charge in [0.25, 0.3) is 5.69 Å². The number of anilines is 1. The Labute approximate surface area is 158 Å². The van der Waals surface area contributed by atoms with E-state index in [4.69, 9.17) is 4.74 Å². The van der Waals surface area contributed by atoms with Crippen molar-refractivity contribution in [3.8, 4) is 0 Å². The summed E-state index contributed by atoms with van der Waals surface area (Å²) < 4.78 is 9.64. The molecular weight excluding hydrogens is 376 g/mol. The number of nitrogens with one attached hydrogen (secondary N) is 1. The summed E-state index contributed by atoms with van der Waals surface area (Å²) in [6.07, 6.45) is 0. The second-order valence-electron chi connectivity index (χ2n) is 5.27. The number of nitro benzene ring substituents is 1.